The van der Waals surface area contributed by atoms with Crippen LogP contribution in [0.4, 0.5) is 5.69 Å². The predicted molar refractivity (Wildman–Crippen MR) is 121 cm³/mol. The lowest BCUT2D eigenvalue weighted by Crippen LogP contribution is -2.31. The number of thioether (sulfide) groups is 1. The predicted octanol–water partition coefficient (Wildman–Crippen LogP) is 4.93. The first-order chi connectivity index (χ1) is 14.5. The Labute approximate surface area is 180 Å². The Morgan fingerprint density at radius 1 is 1.23 bits per heavy atom. The zero-order chi connectivity index (χ0) is 21.5. The van der Waals surface area contributed by atoms with Crippen molar-refractivity contribution in [1.29, 1.82) is 0 Å². The van der Waals surface area contributed by atoms with E-state index in [9.17, 15) is 14.9 Å². The molecule has 3 rings (SSSR count). The fourth-order valence-electron chi connectivity index (χ4n) is 3.13. The molecular formula is C22H24N4O3S. The molecule has 0 aliphatic carbocycles. The highest BCUT2D eigenvalue weighted by atomic mass is 32.2. The van der Waals surface area contributed by atoms with E-state index < -0.39 is 4.92 Å². The lowest BCUT2D eigenvalue weighted by molar-refractivity contribution is -0.384. The molecule has 156 valence electrons. The second-order valence-corrected chi connectivity index (χ2v) is 8.25. The molecule has 8 heteroatoms. The van der Waals surface area contributed by atoms with Crippen LogP contribution in [0.3, 0.4) is 0 Å². The molecule has 1 saturated heterocycles. The van der Waals surface area contributed by atoms with Gasteiger partial charge >= 0.3 is 0 Å². The van der Waals surface area contributed by atoms with Crippen LogP contribution < -0.4 is 0 Å². The van der Waals surface area contributed by atoms with E-state index in [1.807, 2.05) is 31.2 Å². The van der Waals surface area contributed by atoms with Crippen molar-refractivity contribution in [2.75, 3.05) is 0 Å². The molecule has 30 heavy (non-hydrogen) atoms. The number of nitrogens with zero attached hydrogens (tertiary/aromatic N) is 4. The Morgan fingerprint density at radius 2 is 2.03 bits per heavy atom. The number of nitro groups is 1. The SMILES string of the molecule is CCCC[C@@H]1S/C(=N/N=C\c2cccc([N+](=O)[O-])c2)N(Cc2ccccc2C)C1=O. The number of amides is 1. The van der Waals surface area contributed by atoms with E-state index in [2.05, 4.69) is 17.1 Å². The van der Waals surface area contributed by atoms with E-state index in [4.69, 9.17) is 0 Å². The fourth-order valence-corrected chi connectivity index (χ4v) is 4.27. The molecule has 0 saturated carbocycles. The number of amidine groups is 1. The summed E-state index contributed by atoms with van der Waals surface area (Å²) in [6, 6.07) is 14.2. The molecule has 2 aromatic carbocycles. The topological polar surface area (TPSA) is 88.2 Å². The van der Waals surface area contributed by atoms with Crippen LogP contribution in [0.25, 0.3) is 0 Å². The molecule has 7 nitrogen and oxygen atoms in total. The number of hydrogen-bond donors (Lipinski definition) is 0. The van der Waals surface area contributed by atoms with E-state index in [-0.39, 0.29) is 16.8 Å². The lowest BCUT2D eigenvalue weighted by atomic mass is 10.1. The molecular weight excluding hydrogens is 400 g/mol. The summed E-state index contributed by atoms with van der Waals surface area (Å²) in [6.07, 6.45) is 4.28. The van der Waals surface area contributed by atoms with Gasteiger partial charge in [-0.25, -0.2) is 0 Å². The zero-order valence-corrected chi connectivity index (χ0v) is 17.8. The maximum Gasteiger partial charge on any atom is 0.270 e. The molecule has 1 fully saturated rings. The van der Waals surface area contributed by atoms with Crippen LogP contribution >= 0.6 is 11.8 Å². The Hall–Kier alpha value is -3.00. The molecule has 2 aromatic rings. The smallest absolute Gasteiger partial charge is 0.270 e. The summed E-state index contributed by atoms with van der Waals surface area (Å²) in [4.78, 5) is 25.2. The van der Waals surface area contributed by atoms with Gasteiger partial charge in [0.15, 0.2) is 5.17 Å². The Morgan fingerprint density at radius 3 is 2.77 bits per heavy atom. The molecule has 0 bridgehead atoms. The standard InChI is InChI=1S/C22H24N4O3S/c1-3-4-12-20-21(27)25(15-18-10-6-5-8-16(18)2)22(30-20)24-23-14-17-9-7-11-19(13-17)26(28)29/h5-11,13-14,20H,3-4,12,15H2,1-2H3/b23-14-,24-22+/t20-/m0/s1. The molecule has 0 radical (unpaired) electrons. The minimum absolute atomic E-state index is 0.00201. The van der Waals surface area contributed by atoms with Crippen molar-refractivity contribution in [3.05, 3.63) is 75.3 Å². The van der Waals surface area contributed by atoms with Gasteiger partial charge in [-0.1, -0.05) is 67.9 Å². The molecule has 0 unspecified atom stereocenters. The first-order valence-electron chi connectivity index (χ1n) is 9.87. The number of nitro benzene ring substituents is 1. The highest BCUT2D eigenvalue weighted by Gasteiger charge is 2.37. The average molecular weight is 425 g/mol. The number of aryl methyl sites for hydroxylation is 1. The van der Waals surface area contributed by atoms with Crippen LogP contribution in [-0.4, -0.2) is 32.4 Å². The summed E-state index contributed by atoms with van der Waals surface area (Å²) < 4.78 is 0. The van der Waals surface area contributed by atoms with Crippen molar-refractivity contribution < 1.29 is 9.72 Å². The first kappa shape index (κ1) is 21.7. The van der Waals surface area contributed by atoms with Crippen molar-refractivity contribution in [2.24, 2.45) is 10.2 Å². The van der Waals surface area contributed by atoms with E-state index in [1.165, 1.54) is 30.1 Å². The van der Waals surface area contributed by atoms with Crippen LogP contribution in [0, 0.1) is 17.0 Å². The van der Waals surface area contributed by atoms with Crippen molar-refractivity contribution in [1.82, 2.24) is 4.90 Å². The Kier molecular flexibility index (Phi) is 7.35. The summed E-state index contributed by atoms with van der Waals surface area (Å²) in [5.41, 5.74) is 2.76. The van der Waals surface area contributed by atoms with Gasteiger partial charge in [0, 0.05) is 17.7 Å². The largest absolute Gasteiger partial charge is 0.284 e. The maximum atomic E-state index is 13.0. The number of unbranched alkanes of at least 4 members (excludes halogenated alkanes) is 1. The summed E-state index contributed by atoms with van der Waals surface area (Å²) in [7, 11) is 0. The monoisotopic (exact) mass is 424 g/mol. The van der Waals surface area contributed by atoms with Crippen LogP contribution in [-0.2, 0) is 11.3 Å². The molecule has 1 aliphatic heterocycles. The van der Waals surface area contributed by atoms with E-state index in [0.29, 0.717) is 17.3 Å². The third kappa shape index (κ3) is 5.33. The number of non-ortho nitro benzene ring substituents is 1. The van der Waals surface area contributed by atoms with Crippen molar-refractivity contribution in [2.45, 2.75) is 44.9 Å². The Balaban J connectivity index is 1.83. The van der Waals surface area contributed by atoms with E-state index in [0.717, 1.165) is 30.4 Å². The first-order valence-corrected chi connectivity index (χ1v) is 10.8. The molecule has 0 spiro atoms. The summed E-state index contributed by atoms with van der Waals surface area (Å²) >= 11 is 1.44. The number of hydrogen-bond acceptors (Lipinski definition) is 6. The third-order valence-electron chi connectivity index (χ3n) is 4.86. The van der Waals surface area contributed by atoms with E-state index in [1.54, 1.807) is 17.0 Å². The van der Waals surface area contributed by atoms with Crippen LogP contribution in [0.15, 0.2) is 58.7 Å². The number of carbonyl (C=O) groups is 1. The second kappa shape index (κ2) is 10.2. The molecule has 1 amide bonds. The highest BCUT2D eigenvalue weighted by molar-refractivity contribution is 8.15. The van der Waals surface area contributed by atoms with Crippen LogP contribution in [0.1, 0.15) is 42.9 Å². The fraction of sp³-hybridized carbons (Fsp3) is 0.318. The average Bonchev–Trinajstić information content (AvgIpc) is 3.03. The van der Waals surface area contributed by atoms with Gasteiger partial charge < -0.3 is 0 Å². The van der Waals surface area contributed by atoms with Gasteiger partial charge in [-0.3, -0.25) is 19.8 Å². The molecule has 0 aromatic heterocycles. The minimum Gasteiger partial charge on any atom is -0.284 e. The number of carbonyl (C=O) groups excluding carboxylic acids is 1. The minimum atomic E-state index is -0.447. The van der Waals surface area contributed by atoms with Crippen molar-refractivity contribution in [3.8, 4) is 0 Å². The molecule has 1 atom stereocenters. The number of benzene rings is 2. The summed E-state index contributed by atoms with van der Waals surface area (Å²) in [5, 5.41) is 19.7. The lowest BCUT2D eigenvalue weighted by Gasteiger charge is -2.17. The third-order valence-corrected chi connectivity index (χ3v) is 6.10. The van der Waals surface area contributed by atoms with Gasteiger partial charge in [0.05, 0.1) is 22.9 Å². The second-order valence-electron chi connectivity index (χ2n) is 7.08. The highest BCUT2D eigenvalue weighted by Crippen LogP contribution is 2.32. The molecule has 1 heterocycles. The zero-order valence-electron chi connectivity index (χ0n) is 17.0. The van der Waals surface area contributed by atoms with Gasteiger partial charge in [0.1, 0.15) is 0 Å². The molecule has 1 aliphatic rings. The van der Waals surface area contributed by atoms with Gasteiger partial charge in [-0.15, -0.1) is 5.10 Å². The number of rotatable bonds is 8. The maximum absolute atomic E-state index is 13.0. The van der Waals surface area contributed by atoms with Crippen molar-refractivity contribution >= 4 is 34.7 Å². The Bertz CT molecular complexity index is 990. The summed E-state index contributed by atoms with van der Waals surface area (Å²) in [5.74, 6) is 0.0565. The van der Waals surface area contributed by atoms with Gasteiger partial charge in [-0.2, -0.15) is 5.10 Å². The quantitative estimate of drug-likeness (QED) is 0.341. The summed E-state index contributed by atoms with van der Waals surface area (Å²) in [6.45, 7) is 4.58. The molecule has 0 N–H and O–H groups in total. The van der Waals surface area contributed by atoms with Gasteiger partial charge in [-0.05, 0) is 24.5 Å². The van der Waals surface area contributed by atoms with Crippen LogP contribution in [0.2, 0.25) is 0 Å². The van der Waals surface area contributed by atoms with Gasteiger partial charge in [0.25, 0.3) is 5.69 Å². The van der Waals surface area contributed by atoms with Crippen molar-refractivity contribution in [3.63, 3.8) is 0 Å². The van der Waals surface area contributed by atoms with E-state index >= 15 is 0 Å². The van der Waals surface area contributed by atoms with Crippen LogP contribution in [0.5, 0.6) is 0 Å². The normalized spacial score (nSPS) is 17.9. The van der Waals surface area contributed by atoms with Gasteiger partial charge in [0.2, 0.25) is 5.91 Å².